The van der Waals surface area contributed by atoms with Gasteiger partial charge in [0, 0.05) is 12.4 Å². The van der Waals surface area contributed by atoms with Crippen molar-refractivity contribution in [1.82, 2.24) is 4.90 Å². The number of benzene rings is 2. The largest absolute Gasteiger partial charge is 0.485 e. The van der Waals surface area contributed by atoms with Crippen molar-refractivity contribution in [3.8, 4) is 11.5 Å². The molecule has 4 rings (SSSR count). The van der Waals surface area contributed by atoms with E-state index in [9.17, 15) is 9.59 Å². The van der Waals surface area contributed by atoms with E-state index in [0.29, 0.717) is 17.2 Å². The Morgan fingerprint density at radius 2 is 1.36 bits per heavy atom. The molecule has 2 aliphatic heterocycles. The van der Waals surface area contributed by atoms with E-state index in [1.807, 2.05) is 30.3 Å². The highest BCUT2D eigenvalue weighted by Gasteiger charge is 2.21. The van der Waals surface area contributed by atoms with Crippen LogP contribution in [-0.2, 0) is 12.4 Å². The van der Waals surface area contributed by atoms with E-state index in [2.05, 4.69) is 18.7 Å². The van der Waals surface area contributed by atoms with Crippen LogP contribution in [0, 0.1) is 0 Å². The topological polar surface area (TPSA) is 55.8 Å². The maximum Gasteiger partial charge on any atom is 0.203 e. The van der Waals surface area contributed by atoms with Gasteiger partial charge in [-0.1, -0.05) is 26.0 Å². The van der Waals surface area contributed by atoms with Crippen molar-refractivity contribution in [3.05, 3.63) is 58.7 Å². The molecule has 6 heteroatoms. The molecule has 0 radical (unpaired) electrons. The fourth-order valence-electron chi connectivity index (χ4n) is 3.16. The van der Waals surface area contributed by atoms with Gasteiger partial charge in [-0.25, -0.2) is 0 Å². The molecule has 2 aromatic rings. The molecule has 0 aliphatic carbocycles. The number of fused-ring (bicyclic) bond motifs is 2. The van der Waals surface area contributed by atoms with Gasteiger partial charge in [0.1, 0.15) is 11.5 Å². The Balaban J connectivity index is 0.000000167. The second-order valence-corrected chi connectivity index (χ2v) is 6.95. The molecule has 0 N–H and O–H groups in total. The van der Waals surface area contributed by atoms with Crippen LogP contribution >= 0.6 is 11.6 Å². The monoisotopic (exact) mass is 401 g/mol. The van der Waals surface area contributed by atoms with Crippen LogP contribution in [0.25, 0.3) is 0 Å². The van der Waals surface area contributed by atoms with E-state index in [0.717, 1.165) is 36.5 Å². The molecule has 148 valence electrons. The molecule has 0 amide bonds. The molecule has 0 fully saturated rings. The number of ketones is 2. The Hall–Kier alpha value is -2.37. The predicted molar refractivity (Wildman–Crippen MR) is 109 cm³/mol. The summed E-state index contributed by atoms with van der Waals surface area (Å²) in [4.78, 5) is 24.8. The standard InChI is InChI=1S/C13H17NO2.C9H7ClO2/c1-3-14(4-2)8-10-5-6-11-12(15)9-16-13(11)7-10;10-4-6-1-2-7-8(11)5-12-9(7)3-6/h5-7H,3-4,8-9H2,1-2H3;1-3H,4-5H2. The molecular weight excluding hydrogens is 378 g/mol. The van der Waals surface area contributed by atoms with Crippen molar-refractivity contribution in [2.24, 2.45) is 0 Å². The molecule has 0 atom stereocenters. The highest BCUT2D eigenvalue weighted by molar-refractivity contribution is 6.17. The van der Waals surface area contributed by atoms with Gasteiger partial charge in [-0.05, 0) is 48.5 Å². The van der Waals surface area contributed by atoms with Gasteiger partial charge >= 0.3 is 0 Å². The summed E-state index contributed by atoms with van der Waals surface area (Å²) >= 11 is 5.62. The Morgan fingerprint density at radius 1 is 0.857 bits per heavy atom. The van der Waals surface area contributed by atoms with E-state index in [1.165, 1.54) is 5.56 Å². The normalized spacial score (nSPS) is 14.1. The van der Waals surface area contributed by atoms with Crippen molar-refractivity contribution in [3.63, 3.8) is 0 Å². The van der Waals surface area contributed by atoms with Crippen molar-refractivity contribution in [2.75, 3.05) is 26.3 Å². The van der Waals surface area contributed by atoms with Crippen LogP contribution in [0.5, 0.6) is 11.5 Å². The number of Topliss-reactive ketones (excluding diaryl/α,β-unsaturated/α-hetero) is 2. The number of nitrogens with zero attached hydrogens (tertiary/aromatic N) is 1. The number of halogens is 1. The minimum atomic E-state index is 0.0473. The number of carbonyl (C=O) groups excluding carboxylic acids is 2. The van der Waals surface area contributed by atoms with Gasteiger partial charge in [-0.3, -0.25) is 14.5 Å². The number of hydrogen-bond donors (Lipinski definition) is 0. The van der Waals surface area contributed by atoms with Gasteiger partial charge in [0.05, 0.1) is 11.1 Å². The summed E-state index contributed by atoms with van der Waals surface area (Å²) in [5, 5.41) is 0. The van der Waals surface area contributed by atoms with E-state index in [-0.39, 0.29) is 24.8 Å². The molecule has 5 nitrogen and oxygen atoms in total. The number of hydrogen-bond acceptors (Lipinski definition) is 5. The van der Waals surface area contributed by atoms with Crippen molar-refractivity contribution >= 4 is 23.2 Å². The number of ether oxygens (including phenoxy) is 2. The molecule has 0 unspecified atom stereocenters. The van der Waals surface area contributed by atoms with Crippen molar-refractivity contribution < 1.29 is 19.1 Å². The summed E-state index contributed by atoms with van der Waals surface area (Å²) in [6, 6.07) is 11.3. The molecule has 2 aromatic carbocycles. The van der Waals surface area contributed by atoms with E-state index < -0.39 is 0 Å². The number of alkyl halides is 1. The van der Waals surface area contributed by atoms with Crippen molar-refractivity contribution in [1.29, 1.82) is 0 Å². The summed E-state index contributed by atoms with van der Waals surface area (Å²) in [6.45, 7) is 7.65. The molecule has 0 bridgehead atoms. The first-order valence-electron chi connectivity index (χ1n) is 9.41. The fraction of sp³-hybridized carbons (Fsp3) is 0.364. The predicted octanol–water partition coefficient (Wildman–Crippen LogP) is 4.10. The smallest absolute Gasteiger partial charge is 0.203 e. The summed E-state index contributed by atoms with van der Waals surface area (Å²) in [5.74, 6) is 1.99. The Morgan fingerprint density at radius 3 is 1.86 bits per heavy atom. The Labute approximate surface area is 170 Å². The first-order valence-corrected chi connectivity index (χ1v) is 9.95. The lowest BCUT2D eigenvalue weighted by Gasteiger charge is -2.18. The van der Waals surface area contributed by atoms with Crippen LogP contribution in [-0.4, -0.2) is 42.8 Å². The molecule has 2 aliphatic rings. The zero-order valence-electron chi connectivity index (χ0n) is 16.2. The average Bonchev–Trinajstić information content (AvgIpc) is 3.28. The summed E-state index contributed by atoms with van der Waals surface area (Å²) in [7, 11) is 0. The first-order chi connectivity index (χ1) is 13.5. The van der Waals surface area contributed by atoms with Crippen LogP contribution in [0.1, 0.15) is 45.7 Å². The average molecular weight is 402 g/mol. The molecule has 0 aromatic heterocycles. The zero-order chi connectivity index (χ0) is 20.1. The van der Waals surface area contributed by atoms with Gasteiger partial charge in [-0.15, -0.1) is 11.6 Å². The lowest BCUT2D eigenvalue weighted by atomic mass is 10.1. The van der Waals surface area contributed by atoms with Crippen LogP contribution in [0.2, 0.25) is 0 Å². The number of carbonyl (C=O) groups is 2. The minimum absolute atomic E-state index is 0.0473. The van der Waals surface area contributed by atoms with Gasteiger partial charge in [0.2, 0.25) is 11.6 Å². The molecule has 2 heterocycles. The molecule has 0 spiro atoms. The summed E-state index contributed by atoms with van der Waals surface area (Å²) in [6.07, 6.45) is 0. The maximum absolute atomic E-state index is 11.4. The molecule has 0 saturated carbocycles. The minimum Gasteiger partial charge on any atom is -0.485 e. The second kappa shape index (κ2) is 9.22. The highest BCUT2D eigenvalue weighted by Crippen LogP contribution is 2.27. The quantitative estimate of drug-likeness (QED) is 0.706. The Bertz CT molecular complexity index is 877. The van der Waals surface area contributed by atoms with E-state index in [1.54, 1.807) is 6.07 Å². The third-order valence-corrected chi connectivity index (χ3v) is 5.17. The van der Waals surface area contributed by atoms with E-state index in [4.69, 9.17) is 21.1 Å². The van der Waals surface area contributed by atoms with Crippen molar-refractivity contribution in [2.45, 2.75) is 26.3 Å². The molecular formula is C22H24ClNO4. The third kappa shape index (κ3) is 4.54. The van der Waals surface area contributed by atoms with Gasteiger partial charge < -0.3 is 9.47 Å². The van der Waals surface area contributed by atoms with Crippen LogP contribution in [0.3, 0.4) is 0 Å². The second-order valence-electron chi connectivity index (χ2n) is 6.68. The molecule has 28 heavy (non-hydrogen) atoms. The van der Waals surface area contributed by atoms with Crippen LogP contribution in [0.4, 0.5) is 0 Å². The summed E-state index contributed by atoms with van der Waals surface area (Å²) in [5.41, 5.74) is 3.58. The third-order valence-electron chi connectivity index (χ3n) is 4.87. The van der Waals surface area contributed by atoms with Gasteiger partial charge in [0.25, 0.3) is 0 Å². The van der Waals surface area contributed by atoms with Gasteiger partial charge in [0.15, 0.2) is 13.2 Å². The summed E-state index contributed by atoms with van der Waals surface area (Å²) < 4.78 is 10.5. The van der Waals surface area contributed by atoms with Gasteiger partial charge in [-0.2, -0.15) is 0 Å². The number of rotatable bonds is 5. The highest BCUT2D eigenvalue weighted by atomic mass is 35.5. The van der Waals surface area contributed by atoms with E-state index >= 15 is 0 Å². The maximum atomic E-state index is 11.4. The van der Waals surface area contributed by atoms with Crippen LogP contribution in [0.15, 0.2) is 36.4 Å². The lowest BCUT2D eigenvalue weighted by Crippen LogP contribution is -2.22. The molecule has 0 saturated heterocycles. The SMILES string of the molecule is CCN(CC)Cc1ccc2c(c1)OCC2=O.O=C1COc2cc(CCl)ccc21. The zero-order valence-corrected chi connectivity index (χ0v) is 16.9. The fourth-order valence-corrected chi connectivity index (χ4v) is 3.33. The van der Waals surface area contributed by atoms with Crippen LogP contribution < -0.4 is 9.47 Å². The lowest BCUT2D eigenvalue weighted by molar-refractivity contribution is 0.0954. The first kappa shape index (κ1) is 20.4. The Kier molecular flexibility index (Phi) is 6.70.